The van der Waals surface area contributed by atoms with E-state index in [1.165, 1.54) is 0 Å². The summed E-state index contributed by atoms with van der Waals surface area (Å²) >= 11 is 0. The van der Waals surface area contributed by atoms with E-state index in [-0.39, 0.29) is 19.1 Å². The second-order valence-electron chi connectivity index (χ2n) is 4.58. The largest absolute Gasteiger partial charge is 0.395 e. The zero-order valence-corrected chi connectivity index (χ0v) is 10.1. The maximum atomic E-state index is 12.4. The molecule has 1 heterocycles. The van der Waals surface area contributed by atoms with Gasteiger partial charge in [-0.3, -0.25) is 4.79 Å². The second kappa shape index (κ2) is 6.26. The molecule has 1 saturated heterocycles. The fraction of sp³-hybridized carbons (Fsp3) is 0.909. The van der Waals surface area contributed by atoms with Gasteiger partial charge in [0.1, 0.15) is 0 Å². The molecule has 0 aliphatic carbocycles. The summed E-state index contributed by atoms with van der Waals surface area (Å²) in [6.07, 6.45) is -0.0105. The van der Waals surface area contributed by atoms with Crippen molar-refractivity contribution in [1.82, 2.24) is 10.2 Å². The van der Waals surface area contributed by atoms with Gasteiger partial charge in [0.15, 0.2) is 0 Å². The fourth-order valence-electron chi connectivity index (χ4n) is 2.15. The Hall–Kier alpha value is -0.750. The third-order valence-electron chi connectivity index (χ3n) is 3.11. The summed E-state index contributed by atoms with van der Waals surface area (Å²) in [5.41, 5.74) is -0.762. The third-order valence-corrected chi connectivity index (χ3v) is 3.11. The van der Waals surface area contributed by atoms with Gasteiger partial charge in [0, 0.05) is 6.54 Å². The Balaban J connectivity index is 2.68. The SMILES string of the molecule is CC1(C(=O)N(CCO)CC(F)F)CCCCN1. The fourth-order valence-corrected chi connectivity index (χ4v) is 2.15. The van der Waals surface area contributed by atoms with Crippen molar-refractivity contribution in [2.24, 2.45) is 0 Å². The maximum Gasteiger partial charge on any atom is 0.255 e. The van der Waals surface area contributed by atoms with Gasteiger partial charge < -0.3 is 15.3 Å². The molecule has 1 unspecified atom stereocenters. The Morgan fingerprint density at radius 2 is 2.24 bits per heavy atom. The van der Waals surface area contributed by atoms with Crippen LogP contribution in [0.2, 0.25) is 0 Å². The number of carbonyl (C=O) groups is 1. The van der Waals surface area contributed by atoms with Crippen molar-refractivity contribution < 1.29 is 18.7 Å². The second-order valence-corrected chi connectivity index (χ2v) is 4.58. The molecule has 4 nitrogen and oxygen atoms in total. The first-order chi connectivity index (χ1) is 7.99. The molecule has 1 amide bonds. The smallest absolute Gasteiger partial charge is 0.255 e. The number of nitrogens with zero attached hydrogens (tertiary/aromatic N) is 1. The Morgan fingerprint density at radius 3 is 2.71 bits per heavy atom. The summed E-state index contributed by atoms with van der Waals surface area (Å²) < 4.78 is 24.7. The van der Waals surface area contributed by atoms with E-state index in [1.54, 1.807) is 6.92 Å². The number of aliphatic hydroxyl groups excluding tert-OH is 1. The van der Waals surface area contributed by atoms with E-state index in [2.05, 4.69) is 5.32 Å². The predicted octanol–water partition coefficient (Wildman–Crippen LogP) is 0.605. The van der Waals surface area contributed by atoms with Crippen LogP contribution in [-0.2, 0) is 4.79 Å². The highest BCUT2D eigenvalue weighted by atomic mass is 19.3. The van der Waals surface area contributed by atoms with Crippen LogP contribution < -0.4 is 5.32 Å². The Labute approximate surface area is 100.0 Å². The highest BCUT2D eigenvalue weighted by Gasteiger charge is 2.37. The van der Waals surface area contributed by atoms with Crippen molar-refractivity contribution >= 4 is 5.91 Å². The highest BCUT2D eigenvalue weighted by molar-refractivity contribution is 5.86. The molecule has 0 radical (unpaired) electrons. The first-order valence-corrected chi connectivity index (χ1v) is 5.93. The minimum absolute atomic E-state index is 0.0412. The van der Waals surface area contributed by atoms with Gasteiger partial charge in [-0.2, -0.15) is 0 Å². The van der Waals surface area contributed by atoms with Crippen LogP contribution in [0.5, 0.6) is 0 Å². The maximum absolute atomic E-state index is 12.4. The summed E-state index contributed by atoms with van der Waals surface area (Å²) in [5, 5.41) is 11.9. The minimum Gasteiger partial charge on any atom is -0.395 e. The van der Waals surface area contributed by atoms with Crippen LogP contribution in [0.1, 0.15) is 26.2 Å². The molecular weight excluding hydrogens is 230 g/mol. The van der Waals surface area contributed by atoms with Crippen molar-refractivity contribution in [3.63, 3.8) is 0 Å². The summed E-state index contributed by atoms with van der Waals surface area (Å²) in [6, 6.07) is 0. The van der Waals surface area contributed by atoms with Crippen molar-refractivity contribution in [3.8, 4) is 0 Å². The van der Waals surface area contributed by atoms with Gasteiger partial charge in [-0.25, -0.2) is 8.78 Å². The number of hydrogen-bond donors (Lipinski definition) is 2. The standard InChI is InChI=1S/C11H20F2N2O2/c1-11(4-2-3-5-14-11)10(17)15(6-7-16)8-9(12)13/h9,14,16H,2-8H2,1H3. The van der Waals surface area contributed by atoms with Gasteiger partial charge in [-0.1, -0.05) is 0 Å². The summed E-state index contributed by atoms with van der Waals surface area (Å²) in [7, 11) is 0. The first kappa shape index (κ1) is 14.3. The number of carbonyl (C=O) groups excluding carboxylic acids is 1. The van der Waals surface area contributed by atoms with Crippen LogP contribution in [-0.4, -0.2) is 54.1 Å². The molecule has 1 aliphatic heterocycles. The molecule has 0 saturated carbocycles. The Kier molecular flexibility index (Phi) is 5.27. The molecule has 6 heteroatoms. The number of aliphatic hydroxyl groups is 1. The van der Waals surface area contributed by atoms with Crippen LogP contribution >= 0.6 is 0 Å². The van der Waals surface area contributed by atoms with E-state index in [4.69, 9.17) is 5.11 Å². The van der Waals surface area contributed by atoms with E-state index in [9.17, 15) is 13.6 Å². The summed E-state index contributed by atoms with van der Waals surface area (Å²) in [5.74, 6) is -0.341. The van der Waals surface area contributed by atoms with Gasteiger partial charge in [0.05, 0.1) is 18.7 Å². The number of rotatable bonds is 5. The lowest BCUT2D eigenvalue weighted by Crippen LogP contribution is -2.59. The van der Waals surface area contributed by atoms with Crippen molar-refractivity contribution in [2.75, 3.05) is 26.2 Å². The topological polar surface area (TPSA) is 52.6 Å². The molecule has 2 N–H and O–H groups in total. The normalized spacial score (nSPS) is 25.0. The van der Waals surface area contributed by atoms with E-state index in [0.717, 1.165) is 24.3 Å². The molecule has 0 aromatic heterocycles. The summed E-state index contributed by atoms with van der Waals surface area (Å²) in [6.45, 7) is 1.51. The molecule has 1 atom stereocenters. The van der Waals surface area contributed by atoms with E-state index < -0.39 is 18.5 Å². The number of alkyl halides is 2. The van der Waals surface area contributed by atoms with Crippen LogP contribution in [0.15, 0.2) is 0 Å². The average Bonchev–Trinajstić information content (AvgIpc) is 2.28. The molecule has 1 rings (SSSR count). The molecule has 0 aromatic rings. The molecule has 0 spiro atoms. The van der Waals surface area contributed by atoms with E-state index in [1.807, 2.05) is 0 Å². The van der Waals surface area contributed by atoms with Gasteiger partial charge in [-0.05, 0) is 32.7 Å². The average molecular weight is 250 g/mol. The molecule has 17 heavy (non-hydrogen) atoms. The van der Waals surface area contributed by atoms with Crippen LogP contribution in [0, 0.1) is 0 Å². The number of amides is 1. The van der Waals surface area contributed by atoms with Crippen molar-refractivity contribution in [3.05, 3.63) is 0 Å². The lowest BCUT2D eigenvalue weighted by molar-refractivity contribution is -0.141. The molecule has 100 valence electrons. The molecule has 1 aliphatic rings. The van der Waals surface area contributed by atoms with Crippen molar-refractivity contribution in [1.29, 1.82) is 0 Å². The third kappa shape index (κ3) is 3.89. The van der Waals surface area contributed by atoms with Gasteiger partial charge >= 0.3 is 0 Å². The van der Waals surface area contributed by atoms with Gasteiger partial charge in [-0.15, -0.1) is 0 Å². The van der Waals surface area contributed by atoms with E-state index in [0.29, 0.717) is 6.42 Å². The Morgan fingerprint density at radius 1 is 1.53 bits per heavy atom. The van der Waals surface area contributed by atoms with Crippen molar-refractivity contribution in [2.45, 2.75) is 38.2 Å². The van der Waals surface area contributed by atoms with Crippen LogP contribution in [0.4, 0.5) is 8.78 Å². The Bertz CT molecular complexity index is 256. The van der Waals surface area contributed by atoms with E-state index >= 15 is 0 Å². The zero-order chi connectivity index (χ0) is 12.9. The van der Waals surface area contributed by atoms with Gasteiger partial charge in [0.2, 0.25) is 5.91 Å². The number of hydrogen-bond acceptors (Lipinski definition) is 3. The molecule has 0 aromatic carbocycles. The first-order valence-electron chi connectivity index (χ1n) is 5.93. The number of nitrogens with one attached hydrogen (secondary N) is 1. The number of halogens is 2. The lowest BCUT2D eigenvalue weighted by atomic mass is 9.89. The number of piperidine rings is 1. The predicted molar refractivity (Wildman–Crippen MR) is 59.9 cm³/mol. The monoisotopic (exact) mass is 250 g/mol. The summed E-state index contributed by atoms with van der Waals surface area (Å²) in [4.78, 5) is 13.2. The zero-order valence-electron chi connectivity index (χ0n) is 10.1. The highest BCUT2D eigenvalue weighted by Crippen LogP contribution is 2.21. The lowest BCUT2D eigenvalue weighted by Gasteiger charge is -2.37. The minimum atomic E-state index is -2.57. The molecule has 0 bridgehead atoms. The van der Waals surface area contributed by atoms with Crippen LogP contribution in [0.25, 0.3) is 0 Å². The van der Waals surface area contributed by atoms with Gasteiger partial charge in [0.25, 0.3) is 6.43 Å². The molecular formula is C11H20F2N2O2. The molecule has 1 fully saturated rings. The van der Waals surface area contributed by atoms with Crippen LogP contribution in [0.3, 0.4) is 0 Å². The quantitative estimate of drug-likeness (QED) is 0.751.